The Labute approximate surface area is 106 Å². The minimum Gasteiger partial charge on any atom is -0.356 e. The topological polar surface area (TPSA) is 29.1 Å². The fraction of sp³-hybridized carbons (Fsp3) is 0.933. The van der Waals surface area contributed by atoms with E-state index < -0.39 is 0 Å². The molecule has 17 heavy (non-hydrogen) atoms. The van der Waals surface area contributed by atoms with Gasteiger partial charge in [0, 0.05) is 12.5 Å². The third-order valence-corrected chi connectivity index (χ3v) is 4.93. The molecule has 2 fully saturated rings. The smallest absolute Gasteiger partial charge is 0.223 e. The predicted molar refractivity (Wildman–Crippen MR) is 70.5 cm³/mol. The van der Waals surface area contributed by atoms with Gasteiger partial charge in [-0.1, -0.05) is 34.1 Å². The van der Waals surface area contributed by atoms with E-state index in [1.807, 2.05) is 0 Å². The highest BCUT2D eigenvalue weighted by atomic mass is 16.2. The Balaban J connectivity index is 1.76. The molecule has 0 radical (unpaired) electrons. The molecule has 0 heterocycles. The molecule has 0 aromatic rings. The molecule has 1 N–H and O–H groups in total. The van der Waals surface area contributed by atoms with Gasteiger partial charge in [-0.15, -0.1) is 0 Å². The van der Waals surface area contributed by atoms with Crippen LogP contribution in [0.15, 0.2) is 0 Å². The van der Waals surface area contributed by atoms with Crippen LogP contribution >= 0.6 is 0 Å². The van der Waals surface area contributed by atoms with E-state index in [0.717, 1.165) is 18.4 Å². The molecular weight excluding hydrogens is 210 g/mol. The maximum Gasteiger partial charge on any atom is 0.223 e. The van der Waals surface area contributed by atoms with Crippen LogP contribution in [0.1, 0.15) is 47.0 Å². The number of amides is 1. The molecule has 2 aliphatic carbocycles. The van der Waals surface area contributed by atoms with Crippen molar-refractivity contribution in [2.45, 2.75) is 47.0 Å². The van der Waals surface area contributed by atoms with Gasteiger partial charge in [-0.25, -0.2) is 0 Å². The number of hydrogen-bond acceptors (Lipinski definition) is 1. The van der Waals surface area contributed by atoms with E-state index in [0.29, 0.717) is 29.6 Å². The third kappa shape index (κ3) is 2.66. The van der Waals surface area contributed by atoms with Crippen LogP contribution in [-0.2, 0) is 4.79 Å². The lowest BCUT2D eigenvalue weighted by Gasteiger charge is -2.25. The molecule has 2 aliphatic rings. The van der Waals surface area contributed by atoms with Gasteiger partial charge in [0.15, 0.2) is 0 Å². The lowest BCUT2D eigenvalue weighted by Crippen LogP contribution is -2.35. The molecule has 0 aromatic heterocycles. The van der Waals surface area contributed by atoms with Crippen molar-refractivity contribution >= 4 is 5.91 Å². The Morgan fingerprint density at radius 1 is 1.12 bits per heavy atom. The normalized spacial score (nSPS) is 31.1. The second-order valence-electron chi connectivity index (χ2n) is 6.68. The Morgan fingerprint density at radius 3 is 2.12 bits per heavy atom. The number of rotatable bonds is 5. The van der Waals surface area contributed by atoms with E-state index in [1.165, 1.54) is 19.3 Å². The van der Waals surface area contributed by atoms with Crippen LogP contribution in [0.2, 0.25) is 0 Å². The average molecular weight is 237 g/mol. The van der Waals surface area contributed by atoms with Gasteiger partial charge in [0.25, 0.3) is 0 Å². The Morgan fingerprint density at radius 2 is 1.65 bits per heavy atom. The molecule has 2 rings (SSSR count). The highest BCUT2D eigenvalue weighted by Crippen LogP contribution is 2.57. The first-order valence-corrected chi connectivity index (χ1v) is 7.30. The molecule has 2 saturated carbocycles. The van der Waals surface area contributed by atoms with Gasteiger partial charge in [0.2, 0.25) is 5.91 Å². The lowest BCUT2D eigenvalue weighted by atomic mass is 9.85. The van der Waals surface area contributed by atoms with Crippen LogP contribution in [0.25, 0.3) is 0 Å². The number of carbonyl (C=O) groups excluding carboxylic acids is 1. The number of carbonyl (C=O) groups is 1. The largest absolute Gasteiger partial charge is 0.356 e. The van der Waals surface area contributed by atoms with Crippen molar-refractivity contribution in [3.63, 3.8) is 0 Å². The van der Waals surface area contributed by atoms with Crippen LogP contribution in [0.5, 0.6) is 0 Å². The van der Waals surface area contributed by atoms with Gasteiger partial charge in [-0.05, 0) is 42.4 Å². The fourth-order valence-electron chi connectivity index (χ4n) is 3.79. The highest BCUT2D eigenvalue weighted by Gasteiger charge is 2.56. The molecule has 2 unspecified atom stereocenters. The summed E-state index contributed by atoms with van der Waals surface area (Å²) in [6.45, 7) is 9.88. The van der Waals surface area contributed by atoms with Crippen LogP contribution < -0.4 is 5.32 Å². The first-order valence-electron chi connectivity index (χ1n) is 7.30. The predicted octanol–water partition coefficient (Wildman–Crippen LogP) is 3.08. The van der Waals surface area contributed by atoms with Crippen molar-refractivity contribution in [2.24, 2.45) is 35.5 Å². The number of nitrogens with one attached hydrogen (secondary N) is 1. The second-order valence-corrected chi connectivity index (χ2v) is 6.68. The summed E-state index contributed by atoms with van der Waals surface area (Å²) in [5.41, 5.74) is 0. The second kappa shape index (κ2) is 4.99. The molecule has 1 amide bonds. The van der Waals surface area contributed by atoms with Crippen LogP contribution in [0.4, 0.5) is 0 Å². The van der Waals surface area contributed by atoms with Gasteiger partial charge in [-0.3, -0.25) is 4.79 Å². The van der Waals surface area contributed by atoms with E-state index in [2.05, 4.69) is 33.0 Å². The Kier molecular flexibility index (Phi) is 3.79. The monoisotopic (exact) mass is 237 g/mol. The highest BCUT2D eigenvalue weighted by molar-refractivity contribution is 5.82. The van der Waals surface area contributed by atoms with E-state index in [1.54, 1.807) is 0 Å². The fourth-order valence-corrected chi connectivity index (χ4v) is 3.79. The zero-order chi connectivity index (χ0) is 12.6. The van der Waals surface area contributed by atoms with Gasteiger partial charge in [0.1, 0.15) is 0 Å². The summed E-state index contributed by atoms with van der Waals surface area (Å²) in [6, 6.07) is 0. The summed E-state index contributed by atoms with van der Waals surface area (Å²) in [5, 5.41) is 3.20. The molecule has 2 nitrogen and oxygen atoms in total. The maximum atomic E-state index is 12.1. The van der Waals surface area contributed by atoms with E-state index in [9.17, 15) is 4.79 Å². The Bertz CT molecular complexity index is 267. The maximum absolute atomic E-state index is 12.1. The minimum atomic E-state index is 0.339. The number of fused-ring (bicyclic) bond motifs is 1. The van der Waals surface area contributed by atoms with Gasteiger partial charge < -0.3 is 5.32 Å². The van der Waals surface area contributed by atoms with Crippen molar-refractivity contribution in [3.8, 4) is 0 Å². The first kappa shape index (κ1) is 12.9. The summed E-state index contributed by atoms with van der Waals surface area (Å²) >= 11 is 0. The average Bonchev–Trinajstić information content (AvgIpc) is 2.71. The van der Waals surface area contributed by atoms with Crippen molar-refractivity contribution in [1.82, 2.24) is 5.32 Å². The zero-order valence-electron chi connectivity index (χ0n) is 11.7. The molecule has 0 aliphatic heterocycles. The van der Waals surface area contributed by atoms with Crippen molar-refractivity contribution in [2.75, 3.05) is 6.54 Å². The van der Waals surface area contributed by atoms with Crippen molar-refractivity contribution < 1.29 is 4.79 Å². The first-order chi connectivity index (χ1) is 8.02. The summed E-state index contributed by atoms with van der Waals surface area (Å²) in [7, 11) is 0. The summed E-state index contributed by atoms with van der Waals surface area (Å²) in [4.78, 5) is 12.1. The quantitative estimate of drug-likeness (QED) is 0.782. The van der Waals surface area contributed by atoms with E-state index in [4.69, 9.17) is 0 Å². The minimum absolute atomic E-state index is 0.339. The lowest BCUT2D eigenvalue weighted by molar-refractivity contribution is -0.123. The SMILES string of the molecule is CC(C)C(CNC(=O)C1C2CCCC21)C(C)C. The summed E-state index contributed by atoms with van der Waals surface area (Å²) in [6.07, 6.45) is 3.93. The van der Waals surface area contributed by atoms with Crippen LogP contribution in [0.3, 0.4) is 0 Å². The van der Waals surface area contributed by atoms with Gasteiger partial charge in [-0.2, -0.15) is 0 Å². The standard InChI is InChI=1S/C15H27NO/c1-9(2)13(10(3)4)8-16-15(17)14-11-6-5-7-12(11)14/h9-14H,5-8H2,1-4H3,(H,16,17). The van der Waals surface area contributed by atoms with E-state index >= 15 is 0 Å². The third-order valence-electron chi connectivity index (χ3n) is 4.93. The Hall–Kier alpha value is -0.530. The van der Waals surface area contributed by atoms with Crippen LogP contribution in [0, 0.1) is 35.5 Å². The molecule has 0 aromatic carbocycles. The number of hydrogen-bond donors (Lipinski definition) is 1. The van der Waals surface area contributed by atoms with Gasteiger partial charge in [0.05, 0.1) is 0 Å². The molecule has 98 valence electrons. The molecule has 0 bridgehead atoms. The molecular formula is C15H27NO. The summed E-state index contributed by atoms with van der Waals surface area (Å²) < 4.78 is 0. The molecule has 2 atom stereocenters. The van der Waals surface area contributed by atoms with Gasteiger partial charge >= 0.3 is 0 Å². The van der Waals surface area contributed by atoms with Crippen molar-refractivity contribution in [1.29, 1.82) is 0 Å². The zero-order valence-corrected chi connectivity index (χ0v) is 11.7. The van der Waals surface area contributed by atoms with Crippen LogP contribution in [-0.4, -0.2) is 12.5 Å². The molecule has 0 spiro atoms. The van der Waals surface area contributed by atoms with E-state index in [-0.39, 0.29) is 0 Å². The summed E-state index contributed by atoms with van der Waals surface area (Å²) in [5.74, 6) is 4.10. The molecule has 2 heteroatoms. The molecule has 0 saturated heterocycles. The van der Waals surface area contributed by atoms with Crippen molar-refractivity contribution in [3.05, 3.63) is 0 Å².